The van der Waals surface area contributed by atoms with Gasteiger partial charge >= 0.3 is 0 Å². The molecule has 0 bridgehead atoms. The number of likely N-dealkylation sites (N-methyl/N-ethyl adjacent to an activating group) is 1. The number of hydrogen-bond acceptors (Lipinski definition) is 4. The number of carbonyl (C=O) groups is 2. The second-order valence-electron chi connectivity index (χ2n) is 9.03. The Balaban J connectivity index is 1.59. The second kappa shape index (κ2) is 13.1. The van der Waals surface area contributed by atoms with Crippen LogP contribution in [0.3, 0.4) is 0 Å². The SMILES string of the molecule is CN[C@H](CC1CCCCC1)C(=O)NC[C@H](C(=O)NCc1ccc(CN)cc1)c1ccccc1. The van der Waals surface area contributed by atoms with Crippen molar-refractivity contribution in [2.45, 2.75) is 63.6 Å². The topological polar surface area (TPSA) is 96.2 Å². The fourth-order valence-electron chi connectivity index (χ4n) is 4.59. The van der Waals surface area contributed by atoms with E-state index in [1.165, 1.54) is 32.1 Å². The minimum atomic E-state index is -0.453. The van der Waals surface area contributed by atoms with E-state index in [1.807, 2.05) is 61.6 Å². The van der Waals surface area contributed by atoms with Crippen molar-refractivity contribution in [1.82, 2.24) is 16.0 Å². The lowest BCUT2D eigenvalue weighted by molar-refractivity contribution is -0.124. The molecule has 2 aromatic rings. The molecule has 33 heavy (non-hydrogen) atoms. The first-order chi connectivity index (χ1) is 16.1. The van der Waals surface area contributed by atoms with E-state index >= 15 is 0 Å². The summed E-state index contributed by atoms with van der Waals surface area (Å²) >= 11 is 0. The first-order valence-corrected chi connectivity index (χ1v) is 12.2. The number of hydrogen-bond donors (Lipinski definition) is 4. The van der Waals surface area contributed by atoms with Gasteiger partial charge < -0.3 is 21.7 Å². The highest BCUT2D eigenvalue weighted by Crippen LogP contribution is 2.27. The highest BCUT2D eigenvalue weighted by Gasteiger charge is 2.26. The normalized spacial score (nSPS) is 16.1. The monoisotopic (exact) mass is 450 g/mol. The zero-order valence-electron chi connectivity index (χ0n) is 19.7. The highest BCUT2D eigenvalue weighted by atomic mass is 16.2. The number of benzene rings is 2. The second-order valence-corrected chi connectivity index (χ2v) is 9.03. The molecule has 1 fully saturated rings. The van der Waals surface area contributed by atoms with Crippen LogP contribution in [0.25, 0.3) is 0 Å². The number of rotatable bonds is 11. The third-order valence-electron chi connectivity index (χ3n) is 6.68. The van der Waals surface area contributed by atoms with Gasteiger partial charge in [-0.25, -0.2) is 0 Å². The van der Waals surface area contributed by atoms with E-state index in [9.17, 15) is 9.59 Å². The number of nitrogens with one attached hydrogen (secondary N) is 3. The molecule has 5 N–H and O–H groups in total. The Kier molecular flexibility index (Phi) is 9.91. The Labute approximate surface area is 197 Å². The van der Waals surface area contributed by atoms with Crippen molar-refractivity contribution in [2.24, 2.45) is 11.7 Å². The molecule has 0 heterocycles. The molecule has 0 aliphatic heterocycles. The molecule has 2 atom stereocenters. The van der Waals surface area contributed by atoms with Crippen molar-refractivity contribution in [2.75, 3.05) is 13.6 Å². The molecular weight excluding hydrogens is 412 g/mol. The molecule has 178 valence electrons. The molecule has 2 aromatic carbocycles. The van der Waals surface area contributed by atoms with E-state index in [2.05, 4.69) is 16.0 Å². The molecule has 6 nitrogen and oxygen atoms in total. The van der Waals surface area contributed by atoms with Crippen LogP contribution >= 0.6 is 0 Å². The Morgan fingerprint density at radius 1 is 0.909 bits per heavy atom. The summed E-state index contributed by atoms with van der Waals surface area (Å²) in [5, 5.41) is 9.25. The lowest BCUT2D eigenvalue weighted by atomic mass is 9.84. The fraction of sp³-hybridized carbons (Fsp3) is 0.481. The zero-order valence-corrected chi connectivity index (χ0v) is 19.7. The largest absolute Gasteiger partial charge is 0.354 e. The van der Waals surface area contributed by atoms with E-state index in [0.29, 0.717) is 19.0 Å². The van der Waals surface area contributed by atoms with E-state index in [4.69, 9.17) is 5.73 Å². The Bertz CT molecular complexity index is 863. The number of carbonyl (C=O) groups excluding carboxylic acids is 2. The first kappa shape index (κ1) is 24.9. The van der Waals surface area contributed by atoms with Crippen LogP contribution in [0.5, 0.6) is 0 Å². The van der Waals surface area contributed by atoms with Gasteiger partial charge in [-0.15, -0.1) is 0 Å². The highest BCUT2D eigenvalue weighted by molar-refractivity contribution is 5.86. The molecule has 0 aromatic heterocycles. The van der Waals surface area contributed by atoms with Crippen LogP contribution in [-0.4, -0.2) is 31.4 Å². The van der Waals surface area contributed by atoms with Crippen LogP contribution in [0.4, 0.5) is 0 Å². The maximum Gasteiger partial charge on any atom is 0.237 e. The predicted molar refractivity (Wildman–Crippen MR) is 132 cm³/mol. The molecule has 1 aliphatic carbocycles. The summed E-state index contributed by atoms with van der Waals surface area (Å²) in [7, 11) is 1.84. The molecule has 3 rings (SSSR count). The van der Waals surface area contributed by atoms with Gasteiger partial charge in [0.05, 0.1) is 12.0 Å². The molecule has 2 amide bonds. The average Bonchev–Trinajstić information content (AvgIpc) is 2.87. The molecule has 0 spiro atoms. The standard InChI is InChI=1S/C27H38N4O2/c1-29-25(16-20-8-4-2-5-9-20)27(33)31-19-24(23-10-6-3-7-11-23)26(32)30-18-22-14-12-21(17-28)13-15-22/h3,6-7,10-15,20,24-25,29H,2,4-5,8-9,16-19,28H2,1H3,(H,30,32)(H,31,33)/t24-,25+/m0/s1. The molecule has 6 heteroatoms. The van der Waals surface area contributed by atoms with Crippen molar-refractivity contribution >= 4 is 11.8 Å². The third kappa shape index (κ3) is 7.69. The summed E-state index contributed by atoms with van der Waals surface area (Å²) in [6, 6.07) is 17.3. The van der Waals surface area contributed by atoms with Gasteiger partial charge in [0, 0.05) is 19.6 Å². The first-order valence-electron chi connectivity index (χ1n) is 12.2. The lowest BCUT2D eigenvalue weighted by Crippen LogP contribution is -2.46. The quantitative estimate of drug-likeness (QED) is 0.423. The van der Waals surface area contributed by atoms with Crippen LogP contribution in [-0.2, 0) is 22.7 Å². The van der Waals surface area contributed by atoms with E-state index in [-0.39, 0.29) is 24.4 Å². The van der Waals surface area contributed by atoms with Crippen molar-refractivity contribution < 1.29 is 9.59 Å². The molecule has 0 radical (unpaired) electrons. The maximum absolute atomic E-state index is 13.1. The number of nitrogens with two attached hydrogens (primary N) is 1. The van der Waals surface area contributed by atoms with Crippen LogP contribution in [0, 0.1) is 5.92 Å². The minimum absolute atomic E-state index is 0.0332. The Morgan fingerprint density at radius 3 is 2.21 bits per heavy atom. The summed E-state index contributed by atoms with van der Waals surface area (Å²) in [4.78, 5) is 26.0. The van der Waals surface area contributed by atoms with Gasteiger partial charge in [0.25, 0.3) is 0 Å². The summed E-state index contributed by atoms with van der Waals surface area (Å²) in [6.45, 7) is 1.20. The van der Waals surface area contributed by atoms with Crippen LogP contribution < -0.4 is 21.7 Å². The van der Waals surface area contributed by atoms with E-state index in [1.54, 1.807) is 0 Å². The molecule has 1 aliphatic rings. The zero-order chi connectivity index (χ0) is 23.5. The van der Waals surface area contributed by atoms with Gasteiger partial charge in [0.15, 0.2) is 0 Å². The Morgan fingerprint density at radius 2 is 1.58 bits per heavy atom. The fourth-order valence-corrected chi connectivity index (χ4v) is 4.59. The van der Waals surface area contributed by atoms with Gasteiger partial charge in [0.1, 0.15) is 0 Å². The maximum atomic E-state index is 13.1. The molecule has 0 unspecified atom stereocenters. The van der Waals surface area contributed by atoms with Crippen molar-refractivity contribution in [1.29, 1.82) is 0 Å². The van der Waals surface area contributed by atoms with Crippen molar-refractivity contribution in [3.8, 4) is 0 Å². The average molecular weight is 451 g/mol. The van der Waals surface area contributed by atoms with E-state index < -0.39 is 5.92 Å². The van der Waals surface area contributed by atoms with Gasteiger partial charge in [-0.05, 0) is 36.1 Å². The van der Waals surface area contributed by atoms with Crippen molar-refractivity contribution in [3.63, 3.8) is 0 Å². The predicted octanol–water partition coefficient (Wildman–Crippen LogP) is 3.22. The molecule has 1 saturated carbocycles. The third-order valence-corrected chi connectivity index (χ3v) is 6.68. The Hall–Kier alpha value is -2.70. The molecule has 0 saturated heterocycles. The van der Waals surface area contributed by atoms with E-state index in [0.717, 1.165) is 23.1 Å². The summed E-state index contributed by atoms with van der Waals surface area (Å²) in [6.07, 6.45) is 7.07. The smallest absolute Gasteiger partial charge is 0.237 e. The molecular formula is C27H38N4O2. The van der Waals surface area contributed by atoms with Crippen LogP contribution in [0.1, 0.15) is 61.1 Å². The van der Waals surface area contributed by atoms with Crippen LogP contribution in [0.2, 0.25) is 0 Å². The number of amides is 2. The van der Waals surface area contributed by atoms with Gasteiger partial charge in [-0.2, -0.15) is 0 Å². The van der Waals surface area contributed by atoms with Gasteiger partial charge in [-0.3, -0.25) is 9.59 Å². The van der Waals surface area contributed by atoms with Crippen molar-refractivity contribution in [3.05, 3.63) is 71.3 Å². The van der Waals surface area contributed by atoms with Gasteiger partial charge in [0.2, 0.25) is 11.8 Å². The summed E-state index contributed by atoms with van der Waals surface area (Å²) in [5.74, 6) is 0.0124. The van der Waals surface area contributed by atoms with Crippen LogP contribution in [0.15, 0.2) is 54.6 Å². The summed E-state index contributed by atoms with van der Waals surface area (Å²) < 4.78 is 0. The van der Waals surface area contributed by atoms with Gasteiger partial charge in [-0.1, -0.05) is 86.7 Å². The lowest BCUT2D eigenvalue weighted by Gasteiger charge is -2.26. The minimum Gasteiger partial charge on any atom is -0.354 e. The summed E-state index contributed by atoms with van der Waals surface area (Å²) in [5.41, 5.74) is 8.62.